The predicted octanol–water partition coefficient (Wildman–Crippen LogP) is 1.04. The van der Waals surface area contributed by atoms with Crippen LogP contribution < -0.4 is 10.6 Å². The number of likely N-dealkylation sites (tertiary alicyclic amines) is 1. The van der Waals surface area contributed by atoms with Gasteiger partial charge < -0.3 is 15.5 Å². The summed E-state index contributed by atoms with van der Waals surface area (Å²) < 4.78 is 24.9. The van der Waals surface area contributed by atoms with E-state index in [0.717, 1.165) is 45.3 Å². The van der Waals surface area contributed by atoms with Gasteiger partial charge in [0.25, 0.3) is 0 Å². The molecule has 0 radical (unpaired) electrons. The van der Waals surface area contributed by atoms with Crippen molar-refractivity contribution >= 4 is 15.7 Å². The number of carbonyl (C=O) groups is 1. The lowest BCUT2D eigenvalue weighted by Crippen LogP contribution is -2.46. The molecule has 1 aromatic carbocycles. The Bertz CT molecular complexity index is 687. The Morgan fingerprint density at radius 2 is 2.00 bits per heavy atom. The van der Waals surface area contributed by atoms with Crippen LogP contribution in [0, 0.1) is 5.92 Å². The van der Waals surface area contributed by atoms with Gasteiger partial charge in [-0.25, -0.2) is 8.42 Å². The highest BCUT2D eigenvalue weighted by Gasteiger charge is 2.25. The van der Waals surface area contributed by atoms with Crippen LogP contribution in [-0.2, 0) is 14.6 Å². The van der Waals surface area contributed by atoms with E-state index in [4.69, 9.17) is 0 Å². The average molecular weight is 380 g/mol. The summed E-state index contributed by atoms with van der Waals surface area (Å²) in [6.45, 7) is 3.93. The molecule has 144 valence electrons. The number of hydrogen-bond donors (Lipinski definition) is 2. The Kier molecular flexibility index (Phi) is 6.67. The van der Waals surface area contributed by atoms with Crippen LogP contribution in [0.15, 0.2) is 35.2 Å². The van der Waals surface area contributed by atoms with Gasteiger partial charge in [-0.3, -0.25) is 4.79 Å². The molecule has 0 aliphatic carbocycles. The van der Waals surface area contributed by atoms with Gasteiger partial charge >= 0.3 is 0 Å². The first kappa shape index (κ1) is 19.3. The molecule has 2 N–H and O–H groups in total. The van der Waals surface area contributed by atoms with Crippen LogP contribution >= 0.6 is 0 Å². The van der Waals surface area contributed by atoms with E-state index in [9.17, 15) is 13.2 Å². The zero-order valence-electron chi connectivity index (χ0n) is 15.2. The fraction of sp³-hybridized carbons (Fsp3) is 0.632. The summed E-state index contributed by atoms with van der Waals surface area (Å²) in [6, 6.07) is 8.61. The second-order valence-electron chi connectivity index (χ2n) is 7.33. The van der Waals surface area contributed by atoms with Gasteiger partial charge in [-0.05, 0) is 56.8 Å². The van der Waals surface area contributed by atoms with Crippen molar-refractivity contribution in [2.45, 2.75) is 36.6 Å². The SMILES string of the molecule is O=C(NCC1CCCN(CCS(=O)(=O)c2ccccc2)C1)C1CCCN1. The summed E-state index contributed by atoms with van der Waals surface area (Å²) in [4.78, 5) is 14.7. The lowest BCUT2D eigenvalue weighted by Gasteiger charge is -2.32. The first-order valence-corrected chi connectivity index (χ1v) is 11.2. The number of benzene rings is 1. The minimum Gasteiger partial charge on any atom is -0.354 e. The molecule has 2 aliphatic rings. The third-order valence-corrected chi connectivity index (χ3v) is 7.03. The Balaban J connectivity index is 1.44. The molecule has 2 aliphatic heterocycles. The number of hydrogen-bond acceptors (Lipinski definition) is 5. The number of nitrogens with one attached hydrogen (secondary N) is 2. The zero-order valence-corrected chi connectivity index (χ0v) is 16.0. The Morgan fingerprint density at radius 3 is 2.73 bits per heavy atom. The van der Waals surface area contributed by atoms with E-state index in [1.807, 2.05) is 6.07 Å². The van der Waals surface area contributed by atoms with Gasteiger partial charge in [-0.1, -0.05) is 18.2 Å². The van der Waals surface area contributed by atoms with Crippen molar-refractivity contribution in [2.75, 3.05) is 38.5 Å². The molecular weight excluding hydrogens is 350 g/mol. The molecule has 3 rings (SSSR count). The molecule has 26 heavy (non-hydrogen) atoms. The third-order valence-electron chi connectivity index (χ3n) is 5.32. The number of carbonyl (C=O) groups excluding carboxylic acids is 1. The highest BCUT2D eigenvalue weighted by atomic mass is 32.2. The molecule has 2 saturated heterocycles. The van der Waals surface area contributed by atoms with Crippen LogP contribution in [0.25, 0.3) is 0 Å². The average Bonchev–Trinajstić information content (AvgIpc) is 3.21. The van der Waals surface area contributed by atoms with Crippen molar-refractivity contribution < 1.29 is 13.2 Å². The van der Waals surface area contributed by atoms with Crippen molar-refractivity contribution in [1.82, 2.24) is 15.5 Å². The smallest absolute Gasteiger partial charge is 0.237 e. The number of nitrogens with zero attached hydrogens (tertiary/aromatic N) is 1. The van der Waals surface area contributed by atoms with Gasteiger partial charge in [0, 0.05) is 19.6 Å². The standard InChI is InChI=1S/C19H29N3O3S/c23-19(18-9-4-10-20-18)21-14-16-6-5-11-22(15-16)12-13-26(24,25)17-7-2-1-3-8-17/h1-3,7-8,16,18,20H,4-6,9-15H2,(H,21,23). The zero-order chi connectivity index (χ0) is 18.4. The van der Waals surface area contributed by atoms with Gasteiger partial charge in [0.05, 0.1) is 16.7 Å². The van der Waals surface area contributed by atoms with Gasteiger partial charge in [-0.2, -0.15) is 0 Å². The van der Waals surface area contributed by atoms with Crippen LogP contribution in [0.2, 0.25) is 0 Å². The largest absolute Gasteiger partial charge is 0.354 e. The molecule has 0 aromatic heterocycles. The van der Waals surface area contributed by atoms with Crippen LogP contribution in [0.3, 0.4) is 0 Å². The maximum atomic E-state index is 12.4. The lowest BCUT2D eigenvalue weighted by molar-refractivity contribution is -0.123. The molecule has 1 amide bonds. The van der Waals surface area contributed by atoms with Crippen LogP contribution in [0.1, 0.15) is 25.7 Å². The molecule has 2 heterocycles. The summed E-state index contributed by atoms with van der Waals surface area (Å²) in [5.41, 5.74) is 0. The molecule has 6 nitrogen and oxygen atoms in total. The highest BCUT2D eigenvalue weighted by Crippen LogP contribution is 2.17. The van der Waals surface area contributed by atoms with Crippen LogP contribution in [0.5, 0.6) is 0 Å². The monoisotopic (exact) mass is 379 g/mol. The van der Waals surface area contributed by atoms with E-state index in [1.54, 1.807) is 24.3 Å². The first-order chi connectivity index (χ1) is 12.5. The Morgan fingerprint density at radius 1 is 1.19 bits per heavy atom. The lowest BCUT2D eigenvalue weighted by atomic mass is 9.98. The predicted molar refractivity (Wildman–Crippen MR) is 102 cm³/mol. The topological polar surface area (TPSA) is 78.5 Å². The van der Waals surface area contributed by atoms with Gasteiger partial charge in [0.1, 0.15) is 0 Å². The van der Waals surface area contributed by atoms with E-state index < -0.39 is 9.84 Å². The summed E-state index contributed by atoms with van der Waals surface area (Å²) in [6.07, 6.45) is 4.11. The normalized spacial score (nSPS) is 24.5. The van der Waals surface area contributed by atoms with E-state index in [1.165, 1.54) is 0 Å². The van der Waals surface area contributed by atoms with Gasteiger partial charge in [0.2, 0.25) is 5.91 Å². The number of amides is 1. The maximum absolute atomic E-state index is 12.4. The second-order valence-corrected chi connectivity index (χ2v) is 9.44. The summed E-state index contributed by atoms with van der Waals surface area (Å²) in [7, 11) is -3.23. The number of piperidine rings is 1. The third kappa shape index (κ3) is 5.28. The van der Waals surface area contributed by atoms with E-state index in [-0.39, 0.29) is 17.7 Å². The minimum absolute atomic E-state index is 0.0364. The van der Waals surface area contributed by atoms with Crippen molar-refractivity contribution in [3.8, 4) is 0 Å². The van der Waals surface area contributed by atoms with Crippen molar-refractivity contribution in [2.24, 2.45) is 5.92 Å². The molecule has 2 fully saturated rings. The number of rotatable bonds is 7. The summed E-state index contributed by atoms with van der Waals surface area (Å²) >= 11 is 0. The van der Waals surface area contributed by atoms with Gasteiger partial charge in [-0.15, -0.1) is 0 Å². The molecule has 0 saturated carbocycles. The second kappa shape index (κ2) is 8.97. The summed E-state index contributed by atoms with van der Waals surface area (Å²) in [5, 5.41) is 6.28. The fourth-order valence-corrected chi connectivity index (χ4v) is 5.10. The van der Waals surface area contributed by atoms with Crippen molar-refractivity contribution in [3.05, 3.63) is 30.3 Å². The molecule has 0 spiro atoms. The van der Waals surface area contributed by atoms with Crippen LogP contribution in [0.4, 0.5) is 0 Å². The number of sulfone groups is 1. The molecule has 2 unspecified atom stereocenters. The highest BCUT2D eigenvalue weighted by molar-refractivity contribution is 7.91. The quantitative estimate of drug-likeness (QED) is 0.740. The molecule has 0 bridgehead atoms. The Hall–Kier alpha value is -1.44. The van der Waals surface area contributed by atoms with E-state index in [2.05, 4.69) is 15.5 Å². The van der Waals surface area contributed by atoms with E-state index >= 15 is 0 Å². The molecule has 7 heteroatoms. The van der Waals surface area contributed by atoms with Crippen molar-refractivity contribution in [3.63, 3.8) is 0 Å². The molecule has 2 atom stereocenters. The first-order valence-electron chi connectivity index (χ1n) is 9.56. The minimum atomic E-state index is -3.23. The van der Waals surface area contributed by atoms with Crippen molar-refractivity contribution in [1.29, 1.82) is 0 Å². The van der Waals surface area contributed by atoms with E-state index in [0.29, 0.717) is 23.9 Å². The fourth-order valence-electron chi connectivity index (χ4n) is 3.79. The Labute approximate surface area is 156 Å². The van der Waals surface area contributed by atoms with Gasteiger partial charge in [0.15, 0.2) is 9.84 Å². The summed E-state index contributed by atoms with van der Waals surface area (Å²) in [5.74, 6) is 0.641. The molecule has 1 aromatic rings. The molecular formula is C19H29N3O3S. The van der Waals surface area contributed by atoms with Crippen LogP contribution in [-0.4, -0.2) is 63.7 Å². The maximum Gasteiger partial charge on any atom is 0.237 e.